The van der Waals surface area contributed by atoms with Crippen LogP contribution in [0.25, 0.3) is 11.0 Å². The Kier molecular flexibility index (Phi) is 2.99. The molecule has 0 aliphatic carbocycles. The third-order valence-corrected chi connectivity index (χ3v) is 4.20. The van der Waals surface area contributed by atoms with Gasteiger partial charge in [-0.3, -0.25) is 4.98 Å². The van der Waals surface area contributed by atoms with Gasteiger partial charge in [-0.1, -0.05) is 18.2 Å². The molecule has 0 spiro atoms. The molecule has 2 aromatic heterocycles. The lowest BCUT2D eigenvalue weighted by atomic mass is 10.0. The Morgan fingerprint density at radius 1 is 1.32 bits per heavy atom. The summed E-state index contributed by atoms with van der Waals surface area (Å²) >= 11 is 0. The summed E-state index contributed by atoms with van der Waals surface area (Å²) in [5, 5.41) is 3.50. The molecule has 1 aromatic carbocycles. The van der Waals surface area contributed by atoms with E-state index < -0.39 is 0 Å². The highest BCUT2D eigenvalue weighted by atomic mass is 16.5. The second kappa shape index (κ2) is 5.02. The van der Waals surface area contributed by atoms with E-state index in [1.807, 2.05) is 23.9 Å². The fourth-order valence-electron chi connectivity index (χ4n) is 3.03. The lowest BCUT2D eigenvalue weighted by molar-refractivity contribution is 0.270. The average Bonchev–Trinajstić information content (AvgIpc) is 2.84. The normalized spacial score (nSPS) is 17.1. The number of benzene rings is 1. The summed E-state index contributed by atoms with van der Waals surface area (Å²) < 4.78 is 7.98. The van der Waals surface area contributed by atoms with Crippen LogP contribution in [0.1, 0.15) is 11.1 Å². The van der Waals surface area contributed by atoms with Gasteiger partial charge < -0.3 is 14.6 Å². The Balaban J connectivity index is 1.60. The first-order valence-corrected chi connectivity index (χ1v) is 7.46. The number of aromatic nitrogens is 3. The fraction of sp³-hybridized carbons (Fsp3) is 0.294. The fourth-order valence-corrected chi connectivity index (χ4v) is 3.03. The lowest BCUT2D eigenvalue weighted by Gasteiger charge is -2.27. The Hall–Kier alpha value is -2.56. The molecular formula is C17H18N4O. The number of aryl methyl sites for hydroxylation is 2. The van der Waals surface area contributed by atoms with Crippen LogP contribution in [0.2, 0.25) is 0 Å². The predicted octanol–water partition coefficient (Wildman–Crippen LogP) is 2.69. The van der Waals surface area contributed by atoms with Crippen LogP contribution in [0.4, 0.5) is 5.95 Å². The molecule has 1 unspecified atom stereocenters. The van der Waals surface area contributed by atoms with Crippen LogP contribution in [0.15, 0.2) is 36.7 Å². The number of nitrogens with zero attached hydrogens (tertiary/aromatic N) is 3. The maximum atomic E-state index is 5.94. The third kappa shape index (κ3) is 2.09. The molecule has 0 fully saturated rings. The average molecular weight is 294 g/mol. The number of imidazole rings is 1. The predicted molar refractivity (Wildman–Crippen MR) is 86.3 cm³/mol. The number of hydrogen-bond donors (Lipinski definition) is 1. The number of pyridine rings is 1. The summed E-state index contributed by atoms with van der Waals surface area (Å²) in [6.45, 7) is 2.74. The summed E-state index contributed by atoms with van der Waals surface area (Å²) in [7, 11) is 2.00. The second-order valence-electron chi connectivity index (χ2n) is 5.78. The van der Waals surface area contributed by atoms with Gasteiger partial charge in [-0.15, -0.1) is 0 Å². The minimum atomic E-state index is 0.220. The first-order valence-electron chi connectivity index (χ1n) is 7.46. The zero-order valence-corrected chi connectivity index (χ0v) is 12.7. The summed E-state index contributed by atoms with van der Waals surface area (Å²) in [6.07, 6.45) is 4.55. The molecule has 0 saturated carbocycles. The van der Waals surface area contributed by atoms with Gasteiger partial charge >= 0.3 is 0 Å². The van der Waals surface area contributed by atoms with Crippen molar-refractivity contribution in [3.05, 3.63) is 47.8 Å². The van der Waals surface area contributed by atoms with E-state index in [0.717, 1.165) is 29.2 Å². The minimum Gasteiger partial charge on any atom is -0.491 e. The zero-order chi connectivity index (χ0) is 15.1. The van der Waals surface area contributed by atoms with Gasteiger partial charge in [0.2, 0.25) is 5.95 Å². The highest BCUT2D eigenvalue weighted by Crippen LogP contribution is 2.29. The molecule has 1 atom stereocenters. The van der Waals surface area contributed by atoms with E-state index in [2.05, 4.69) is 40.4 Å². The van der Waals surface area contributed by atoms with Crippen LogP contribution < -0.4 is 10.1 Å². The number of anilines is 1. The molecule has 3 aromatic rings. The molecule has 4 rings (SSSR count). The van der Waals surface area contributed by atoms with Crippen molar-refractivity contribution in [2.24, 2.45) is 7.05 Å². The van der Waals surface area contributed by atoms with Crippen LogP contribution in [-0.2, 0) is 13.5 Å². The van der Waals surface area contributed by atoms with Crippen molar-refractivity contribution in [2.75, 3.05) is 11.9 Å². The van der Waals surface area contributed by atoms with Gasteiger partial charge in [-0.25, -0.2) is 4.98 Å². The Morgan fingerprint density at radius 2 is 2.23 bits per heavy atom. The van der Waals surface area contributed by atoms with Crippen LogP contribution in [0.5, 0.6) is 5.75 Å². The SMILES string of the molecule is Cc1cccc2c1OCC(Nc1nc3ccncc3n1C)C2. The van der Waals surface area contributed by atoms with Gasteiger partial charge in [0.05, 0.1) is 23.3 Å². The number of para-hydroxylation sites is 1. The summed E-state index contributed by atoms with van der Waals surface area (Å²) in [5.41, 5.74) is 4.43. The Bertz CT molecular complexity index is 840. The second-order valence-corrected chi connectivity index (χ2v) is 5.78. The topological polar surface area (TPSA) is 52.0 Å². The van der Waals surface area contributed by atoms with E-state index in [9.17, 15) is 0 Å². The number of ether oxygens (including phenoxy) is 1. The van der Waals surface area contributed by atoms with Crippen molar-refractivity contribution < 1.29 is 4.74 Å². The van der Waals surface area contributed by atoms with Crippen molar-refractivity contribution in [1.29, 1.82) is 0 Å². The largest absolute Gasteiger partial charge is 0.491 e. The molecule has 3 heterocycles. The van der Waals surface area contributed by atoms with Gasteiger partial charge in [-0.2, -0.15) is 0 Å². The van der Waals surface area contributed by atoms with Crippen LogP contribution in [0, 0.1) is 6.92 Å². The van der Waals surface area contributed by atoms with E-state index in [1.165, 1.54) is 11.1 Å². The number of rotatable bonds is 2. The first-order chi connectivity index (χ1) is 10.7. The number of fused-ring (bicyclic) bond motifs is 2. The summed E-state index contributed by atoms with van der Waals surface area (Å²) in [5.74, 6) is 1.89. The molecule has 5 nitrogen and oxygen atoms in total. The van der Waals surface area contributed by atoms with E-state index in [-0.39, 0.29) is 6.04 Å². The maximum absolute atomic E-state index is 5.94. The summed E-state index contributed by atoms with van der Waals surface area (Å²) in [4.78, 5) is 8.80. The molecular weight excluding hydrogens is 276 g/mol. The highest BCUT2D eigenvalue weighted by molar-refractivity contribution is 5.77. The molecule has 112 valence electrons. The highest BCUT2D eigenvalue weighted by Gasteiger charge is 2.22. The van der Waals surface area contributed by atoms with Crippen molar-refractivity contribution >= 4 is 17.0 Å². The Morgan fingerprint density at radius 3 is 3.09 bits per heavy atom. The van der Waals surface area contributed by atoms with Gasteiger partial charge in [-0.05, 0) is 30.5 Å². The van der Waals surface area contributed by atoms with Crippen LogP contribution in [0.3, 0.4) is 0 Å². The molecule has 1 aliphatic rings. The number of nitrogens with one attached hydrogen (secondary N) is 1. The quantitative estimate of drug-likeness (QED) is 0.789. The smallest absolute Gasteiger partial charge is 0.204 e. The molecule has 0 amide bonds. The van der Waals surface area contributed by atoms with E-state index in [0.29, 0.717) is 6.61 Å². The third-order valence-electron chi connectivity index (χ3n) is 4.20. The van der Waals surface area contributed by atoms with E-state index >= 15 is 0 Å². The van der Waals surface area contributed by atoms with Crippen molar-refractivity contribution in [1.82, 2.24) is 14.5 Å². The van der Waals surface area contributed by atoms with Gasteiger partial charge in [0.25, 0.3) is 0 Å². The molecule has 1 N–H and O–H groups in total. The van der Waals surface area contributed by atoms with Gasteiger partial charge in [0, 0.05) is 13.2 Å². The standard InChI is InChI=1S/C17H18N4O/c1-11-4-3-5-12-8-13(10-22-16(11)12)19-17-20-14-6-7-18-9-15(14)21(17)2/h3-7,9,13H,8,10H2,1-2H3,(H,19,20). The van der Waals surface area contributed by atoms with Crippen molar-refractivity contribution in [2.45, 2.75) is 19.4 Å². The number of hydrogen-bond acceptors (Lipinski definition) is 4. The van der Waals surface area contributed by atoms with Gasteiger partial charge in [0.1, 0.15) is 12.4 Å². The molecule has 0 bridgehead atoms. The first kappa shape index (κ1) is 13.1. The van der Waals surface area contributed by atoms with Crippen LogP contribution >= 0.6 is 0 Å². The zero-order valence-electron chi connectivity index (χ0n) is 12.7. The molecule has 0 radical (unpaired) electrons. The monoisotopic (exact) mass is 294 g/mol. The lowest BCUT2D eigenvalue weighted by Crippen LogP contribution is -2.34. The molecule has 5 heteroatoms. The van der Waals surface area contributed by atoms with Gasteiger partial charge in [0.15, 0.2) is 0 Å². The minimum absolute atomic E-state index is 0.220. The van der Waals surface area contributed by atoms with E-state index in [4.69, 9.17) is 4.74 Å². The van der Waals surface area contributed by atoms with Crippen LogP contribution in [-0.4, -0.2) is 27.2 Å². The molecule has 22 heavy (non-hydrogen) atoms. The van der Waals surface area contributed by atoms with Crippen molar-refractivity contribution in [3.63, 3.8) is 0 Å². The molecule has 0 saturated heterocycles. The maximum Gasteiger partial charge on any atom is 0.204 e. The van der Waals surface area contributed by atoms with Crippen molar-refractivity contribution in [3.8, 4) is 5.75 Å². The Labute approximate surface area is 129 Å². The van der Waals surface area contributed by atoms with E-state index in [1.54, 1.807) is 6.20 Å². The summed E-state index contributed by atoms with van der Waals surface area (Å²) in [6, 6.07) is 8.45. The molecule has 1 aliphatic heterocycles.